The molecular formula is C28H18O5. The van der Waals surface area contributed by atoms with Crippen LogP contribution in [0.25, 0.3) is 21.7 Å². The molecule has 5 heteroatoms. The van der Waals surface area contributed by atoms with Gasteiger partial charge in [0.05, 0.1) is 18.1 Å². The molecule has 0 amide bonds. The Kier molecular flexibility index (Phi) is 4.30. The molecule has 1 heterocycles. The molecule has 0 N–H and O–H groups in total. The molecule has 0 aliphatic heterocycles. The fourth-order valence-corrected chi connectivity index (χ4v) is 4.53. The fraction of sp³-hybridized carbons (Fsp3) is 0.0714. The second-order valence-corrected chi connectivity index (χ2v) is 7.90. The zero-order chi connectivity index (χ0) is 22.5. The van der Waals surface area contributed by atoms with E-state index < -0.39 is 0 Å². The van der Waals surface area contributed by atoms with Gasteiger partial charge in [0.2, 0.25) is 5.78 Å². The molecule has 0 fully saturated rings. The van der Waals surface area contributed by atoms with Gasteiger partial charge in [0.15, 0.2) is 23.0 Å². The topological polar surface area (TPSA) is 65.7 Å². The third-order valence-electron chi connectivity index (χ3n) is 6.04. The van der Waals surface area contributed by atoms with Crippen LogP contribution in [0.2, 0.25) is 0 Å². The van der Waals surface area contributed by atoms with Gasteiger partial charge in [-0.05, 0) is 5.56 Å². The Balaban J connectivity index is 1.65. The summed E-state index contributed by atoms with van der Waals surface area (Å²) in [6.07, 6.45) is 0. The predicted molar refractivity (Wildman–Crippen MR) is 124 cm³/mol. The van der Waals surface area contributed by atoms with Gasteiger partial charge < -0.3 is 13.9 Å². The second-order valence-electron chi connectivity index (χ2n) is 7.90. The monoisotopic (exact) mass is 434 g/mol. The summed E-state index contributed by atoms with van der Waals surface area (Å²) in [4.78, 5) is 26.8. The molecule has 33 heavy (non-hydrogen) atoms. The smallest absolute Gasteiger partial charge is 0.229 e. The molecular weight excluding hydrogens is 416 g/mol. The van der Waals surface area contributed by atoms with Crippen LogP contribution in [-0.2, 0) is 6.61 Å². The Hall–Kier alpha value is -4.38. The molecule has 0 saturated carbocycles. The van der Waals surface area contributed by atoms with Gasteiger partial charge >= 0.3 is 0 Å². The molecule has 1 aliphatic rings. The van der Waals surface area contributed by atoms with Gasteiger partial charge in [0, 0.05) is 21.9 Å². The first-order valence-electron chi connectivity index (χ1n) is 10.6. The maximum absolute atomic E-state index is 13.5. The van der Waals surface area contributed by atoms with Crippen LogP contribution in [0.4, 0.5) is 0 Å². The Morgan fingerprint density at radius 3 is 2.09 bits per heavy atom. The van der Waals surface area contributed by atoms with Crippen LogP contribution >= 0.6 is 0 Å². The van der Waals surface area contributed by atoms with Crippen molar-refractivity contribution in [2.75, 3.05) is 7.11 Å². The highest BCUT2D eigenvalue weighted by Gasteiger charge is 2.37. The van der Waals surface area contributed by atoms with Gasteiger partial charge in [-0.25, -0.2) is 0 Å². The highest BCUT2D eigenvalue weighted by Crippen LogP contribution is 2.48. The van der Waals surface area contributed by atoms with Crippen LogP contribution in [0.5, 0.6) is 11.5 Å². The lowest BCUT2D eigenvalue weighted by Gasteiger charge is -2.16. The third kappa shape index (κ3) is 2.79. The number of ketones is 2. The molecule has 0 radical (unpaired) electrons. The van der Waals surface area contributed by atoms with Crippen LogP contribution in [0.15, 0.2) is 83.3 Å². The van der Waals surface area contributed by atoms with Crippen molar-refractivity contribution in [1.82, 2.24) is 0 Å². The summed E-state index contributed by atoms with van der Waals surface area (Å²) in [6.45, 7) is 0.322. The van der Waals surface area contributed by atoms with Crippen LogP contribution in [0, 0.1) is 0 Å². The predicted octanol–water partition coefficient (Wildman–Crippen LogP) is 5.95. The number of hydrogen-bond donors (Lipinski definition) is 0. The summed E-state index contributed by atoms with van der Waals surface area (Å²) in [5.74, 6) is 0.352. The highest BCUT2D eigenvalue weighted by molar-refractivity contribution is 6.33. The first kappa shape index (κ1) is 19.3. The van der Waals surface area contributed by atoms with Gasteiger partial charge in [-0.3, -0.25) is 9.59 Å². The van der Waals surface area contributed by atoms with E-state index in [1.54, 1.807) is 24.3 Å². The van der Waals surface area contributed by atoms with Crippen LogP contribution in [0.1, 0.15) is 37.6 Å². The van der Waals surface area contributed by atoms with Crippen LogP contribution < -0.4 is 9.47 Å². The second kappa shape index (κ2) is 7.35. The number of carbonyl (C=O) groups is 2. The number of rotatable bonds is 4. The standard InChI is InChI=1S/C28H18O5/c1-31-28-22-21-23(29)17-11-5-6-12-18(17)24(30)27(21)33-25(22)19-13-7-8-14-20(19)26(28)32-15-16-9-3-2-4-10-16/h2-14H,15H2,1H3. The summed E-state index contributed by atoms with van der Waals surface area (Å²) in [7, 11) is 1.53. The van der Waals surface area contributed by atoms with Crippen molar-refractivity contribution >= 4 is 33.3 Å². The number of benzene rings is 4. The van der Waals surface area contributed by atoms with Crippen molar-refractivity contribution in [3.63, 3.8) is 0 Å². The Morgan fingerprint density at radius 1 is 0.727 bits per heavy atom. The Labute approximate surface area is 189 Å². The zero-order valence-electron chi connectivity index (χ0n) is 17.8. The maximum Gasteiger partial charge on any atom is 0.229 e. The number of furan rings is 1. The maximum atomic E-state index is 13.5. The Bertz CT molecular complexity index is 1580. The molecule has 1 aromatic heterocycles. The number of hydrogen-bond acceptors (Lipinski definition) is 5. The van der Waals surface area contributed by atoms with Crippen LogP contribution in [0.3, 0.4) is 0 Å². The normalized spacial score (nSPS) is 12.6. The van der Waals surface area contributed by atoms with Gasteiger partial charge in [-0.1, -0.05) is 78.9 Å². The van der Waals surface area contributed by atoms with Gasteiger partial charge in [-0.15, -0.1) is 0 Å². The van der Waals surface area contributed by atoms with Crippen molar-refractivity contribution in [2.24, 2.45) is 0 Å². The Morgan fingerprint density at radius 2 is 1.36 bits per heavy atom. The summed E-state index contributed by atoms with van der Waals surface area (Å²) >= 11 is 0. The lowest BCUT2D eigenvalue weighted by Crippen LogP contribution is -2.19. The summed E-state index contributed by atoms with van der Waals surface area (Å²) < 4.78 is 18.2. The number of fused-ring (bicyclic) bond motifs is 6. The number of ether oxygens (including phenoxy) is 2. The first-order chi connectivity index (χ1) is 16.2. The SMILES string of the molecule is COc1c(OCc2ccccc2)c2ccccc2c2oc3c(c12)C(=O)c1ccccc1C3=O. The van der Waals surface area contributed by atoms with E-state index in [-0.39, 0.29) is 22.9 Å². The summed E-state index contributed by atoms with van der Waals surface area (Å²) in [5.41, 5.74) is 2.37. The molecule has 5 aromatic rings. The summed E-state index contributed by atoms with van der Waals surface area (Å²) in [5, 5.41) is 1.99. The molecule has 160 valence electrons. The van der Waals surface area contributed by atoms with E-state index in [1.807, 2.05) is 54.6 Å². The molecule has 4 aromatic carbocycles. The van der Waals surface area contributed by atoms with E-state index in [0.29, 0.717) is 40.2 Å². The average molecular weight is 434 g/mol. The van der Waals surface area contributed by atoms with E-state index >= 15 is 0 Å². The lowest BCUT2D eigenvalue weighted by atomic mass is 9.86. The molecule has 0 spiro atoms. The van der Waals surface area contributed by atoms with Crippen LogP contribution in [-0.4, -0.2) is 18.7 Å². The number of carbonyl (C=O) groups excluding carboxylic acids is 2. The molecule has 1 aliphatic carbocycles. The minimum atomic E-state index is -0.311. The molecule has 5 nitrogen and oxygen atoms in total. The minimum Gasteiger partial charge on any atom is -0.492 e. The van der Waals surface area contributed by atoms with Crippen molar-refractivity contribution in [3.8, 4) is 11.5 Å². The van der Waals surface area contributed by atoms with Crippen molar-refractivity contribution in [2.45, 2.75) is 6.61 Å². The van der Waals surface area contributed by atoms with Crippen molar-refractivity contribution in [1.29, 1.82) is 0 Å². The molecule has 0 saturated heterocycles. The molecule has 6 rings (SSSR count). The van der Waals surface area contributed by atoms with E-state index in [1.165, 1.54) is 7.11 Å². The zero-order valence-corrected chi connectivity index (χ0v) is 17.8. The minimum absolute atomic E-state index is 0.0392. The molecule has 0 unspecified atom stereocenters. The van der Waals surface area contributed by atoms with Gasteiger partial charge in [0.25, 0.3) is 0 Å². The largest absolute Gasteiger partial charge is 0.492 e. The van der Waals surface area contributed by atoms with Gasteiger partial charge in [-0.2, -0.15) is 0 Å². The first-order valence-corrected chi connectivity index (χ1v) is 10.6. The van der Waals surface area contributed by atoms with Gasteiger partial charge in [0.1, 0.15) is 12.2 Å². The van der Waals surface area contributed by atoms with E-state index in [0.717, 1.165) is 16.3 Å². The third-order valence-corrected chi connectivity index (χ3v) is 6.04. The average Bonchev–Trinajstić information content (AvgIpc) is 3.27. The summed E-state index contributed by atoms with van der Waals surface area (Å²) in [6, 6.07) is 24.2. The van der Waals surface area contributed by atoms with E-state index in [4.69, 9.17) is 13.9 Å². The quantitative estimate of drug-likeness (QED) is 0.343. The molecule has 0 atom stereocenters. The number of methoxy groups -OCH3 is 1. The molecule has 0 bridgehead atoms. The van der Waals surface area contributed by atoms with E-state index in [9.17, 15) is 9.59 Å². The lowest BCUT2D eigenvalue weighted by molar-refractivity contribution is 0.0962. The van der Waals surface area contributed by atoms with E-state index in [2.05, 4.69) is 0 Å². The van der Waals surface area contributed by atoms with Crippen molar-refractivity contribution in [3.05, 3.63) is 107 Å². The van der Waals surface area contributed by atoms with Crippen molar-refractivity contribution < 1.29 is 23.5 Å². The fourth-order valence-electron chi connectivity index (χ4n) is 4.53. The highest BCUT2D eigenvalue weighted by atomic mass is 16.5.